The van der Waals surface area contributed by atoms with E-state index in [0.29, 0.717) is 17.5 Å². The standard InChI is InChI=1S/C16H19ClN2O2/c1-11-15(9-19-8-4-5-12(19)10-20)18-16(21-11)13-6-2-3-7-14(13)17/h2-3,6-7,12,20H,4-5,8-10H2,1H3/t12-/m0/s1. The Bertz CT molecular complexity index is 626. The minimum Gasteiger partial charge on any atom is -0.441 e. The molecule has 0 radical (unpaired) electrons. The van der Waals surface area contributed by atoms with Crippen LogP contribution in [-0.4, -0.2) is 34.2 Å². The van der Waals surface area contributed by atoms with Gasteiger partial charge in [-0.2, -0.15) is 0 Å². The number of halogens is 1. The summed E-state index contributed by atoms with van der Waals surface area (Å²) >= 11 is 6.19. The second-order valence-electron chi connectivity index (χ2n) is 5.45. The number of hydrogen-bond acceptors (Lipinski definition) is 4. The lowest BCUT2D eigenvalue weighted by Crippen LogP contribution is -2.31. The fourth-order valence-corrected chi connectivity index (χ4v) is 3.04. The molecule has 0 amide bonds. The monoisotopic (exact) mass is 306 g/mol. The largest absolute Gasteiger partial charge is 0.441 e. The molecule has 112 valence electrons. The first kappa shape index (κ1) is 14.6. The van der Waals surface area contributed by atoms with E-state index in [0.717, 1.165) is 36.4 Å². The maximum Gasteiger partial charge on any atom is 0.228 e. The zero-order valence-electron chi connectivity index (χ0n) is 12.1. The number of likely N-dealkylation sites (tertiary alicyclic amines) is 1. The van der Waals surface area contributed by atoms with Crippen molar-refractivity contribution < 1.29 is 9.52 Å². The number of rotatable bonds is 4. The molecule has 4 nitrogen and oxygen atoms in total. The van der Waals surface area contributed by atoms with Gasteiger partial charge in [0.25, 0.3) is 0 Å². The number of aliphatic hydroxyl groups is 1. The summed E-state index contributed by atoms with van der Waals surface area (Å²) in [6, 6.07) is 7.79. The van der Waals surface area contributed by atoms with Crippen LogP contribution < -0.4 is 0 Å². The van der Waals surface area contributed by atoms with Crippen LogP contribution in [0.15, 0.2) is 28.7 Å². The minimum absolute atomic E-state index is 0.203. The molecule has 1 aliphatic rings. The summed E-state index contributed by atoms with van der Waals surface area (Å²) < 4.78 is 5.78. The second-order valence-corrected chi connectivity index (χ2v) is 5.86. The zero-order valence-corrected chi connectivity index (χ0v) is 12.8. The second kappa shape index (κ2) is 6.18. The van der Waals surface area contributed by atoms with E-state index >= 15 is 0 Å². The van der Waals surface area contributed by atoms with Crippen molar-refractivity contribution in [1.82, 2.24) is 9.88 Å². The number of aryl methyl sites for hydroxylation is 1. The smallest absolute Gasteiger partial charge is 0.228 e. The summed E-state index contributed by atoms with van der Waals surface area (Å²) in [5.74, 6) is 1.38. The summed E-state index contributed by atoms with van der Waals surface area (Å²) in [4.78, 5) is 6.86. The van der Waals surface area contributed by atoms with Crippen molar-refractivity contribution in [2.45, 2.75) is 32.4 Å². The van der Waals surface area contributed by atoms with E-state index in [1.807, 2.05) is 31.2 Å². The van der Waals surface area contributed by atoms with Gasteiger partial charge in [0, 0.05) is 12.6 Å². The number of aromatic nitrogens is 1. The van der Waals surface area contributed by atoms with Crippen LogP contribution in [0.4, 0.5) is 0 Å². The predicted octanol–water partition coefficient (Wildman–Crippen LogP) is 3.26. The number of oxazole rings is 1. The van der Waals surface area contributed by atoms with Crippen LogP contribution >= 0.6 is 11.6 Å². The van der Waals surface area contributed by atoms with Gasteiger partial charge in [0.15, 0.2) is 0 Å². The Labute approximate surface area is 129 Å². The minimum atomic E-state index is 0.203. The summed E-state index contributed by atoms with van der Waals surface area (Å²) in [7, 11) is 0. The molecule has 1 saturated heterocycles. The van der Waals surface area contributed by atoms with Gasteiger partial charge in [-0.05, 0) is 38.4 Å². The lowest BCUT2D eigenvalue weighted by Gasteiger charge is -2.21. The third kappa shape index (κ3) is 2.98. The van der Waals surface area contributed by atoms with Crippen molar-refractivity contribution in [3.63, 3.8) is 0 Å². The van der Waals surface area contributed by atoms with Gasteiger partial charge >= 0.3 is 0 Å². The molecule has 21 heavy (non-hydrogen) atoms. The van der Waals surface area contributed by atoms with Crippen molar-refractivity contribution in [1.29, 1.82) is 0 Å². The molecule has 1 atom stereocenters. The molecule has 1 aromatic heterocycles. The summed E-state index contributed by atoms with van der Waals surface area (Å²) in [5.41, 5.74) is 1.74. The summed E-state index contributed by atoms with van der Waals surface area (Å²) in [5, 5.41) is 10.0. The maximum atomic E-state index is 9.40. The van der Waals surface area contributed by atoms with Gasteiger partial charge in [0.1, 0.15) is 5.76 Å². The molecule has 1 aromatic carbocycles. The first-order valence-electron chi connectivity index (χ1n) is 7.25. The zero-order chi connectivity index (χ0) is 14.8. The number of benzene rings is 1. The SMILES string of the molecule is Cc1oc(-c2ccccc2Cl)nc1CN1CCC[C@H]1CO. The first-order chi connectivity index (χ1) is 10.2. The van der Waals surface area contributed by atoms with E-state index in [1.165, 1.54) is 0 Å². The molecule has 1 fully saturated rings. The Morgan fingerprint density at radius 1 is 1.43 bits per heavy atom. The van der Waals surface area contributed by atoms with Crippen molar-refractivity contribution in [3.05, 3.63) is 40.7 Å². The Balaban J connectivity index is 1.83. The summed E-state index contributed by atoms with van der Waals surface area (Å²) in [6.45, 7) is 3.84. The molecule has 1 N–H and O–H groups in total. The molecule has 0 aliphatic carbocycles. The molecule has 0 unspecified atom stereocenters. The van der Waals surface area contributed by atoms with Crippen LogP contribution in [0.2, 0.25) is 5.02 Å². The van der Waals surface area contributed by atoms with Crippen molar-refractivity contribution in [3.8, 4) is 11.5 Å². The van der Waals surface area contributed by atoms with Crippen LogP contribution in [0.25, 0.3) is 11.5 Å². The van der Waals surface area contributed by atoms with Gasteiger partial charge in [-0.25, -0.2) is 4.98 Å². The molecule has 2 heterocycles. The van der Waals surface area contributed by atoms with E-state index < -0.39 is 0 Å². The molecule has 3 rings (SSSR count). The number of aliphatic hydroxyl groups excluding tert-OH is 1. The normalized spacial score (nSPS) is 19.3. The quantitative estimate of drug-likeness (QED) is 0.942. The Morgan fingerprint density at radius 3 is 3.00 bits per heavy atom. The average molecular weight is 307 g/mol. The molecular weight excluding hydrogens is 288 g/mol. The molecule has 0 spiro atoms. The predicted molar refractivity (Wildman–Crippen MR) is 82.2 cm³/mol. The molecule has 2 aromatic rings. The van der Waals surface area contributed by atoms with Crippen LogP contribution in [0.3, 0.4) is 0 Å². The highest BCUT2D eigenvalue weighted by Gasteiger charge is 2.25. The Morgan fingerprint density at radius 2 is 2.24 bits per heavy atom. The van der Waals surface area contributed by atoms with E-state index in [4.69, 9.17) is 16.0 Å². The molecule has 0 bridgehead atoms. The van der Waals surface area contributed by atoms with E-state index in [-0.39, 0.29) is 12.6 Å². The topological polar surface area (TPSA) is 49.5 Å². The van der Waals surface area contributed by atoms with Gasteiger partial charge in [-0.1, -0.05) is 23.7 Å². The first-order valence-corrected chi connectivity index (χ1v) is 7.63. The summed E-state index contributed by atoms with van der Waals surface area (Å²) in [6.07, 6.45) is 2.17. The van der Waals surface area contributed by atoms with Crippen molar-refractivity contribution >= 4 is 11.6 Å². The lowest BCUT2D eigenvalue weighted by molar-refractivity contribution is 0.152. The van der Waals surface area contributed by atoms with Gasteiger partial charge in [-0.3, -0.25) is 4.90 Å². The van der Waals surface area contributed by atoms with E-state index in [1.54, 1.807) is 0 Å². The van der Waals surface area contributed by atoms with Gasteiger partial charge in [0.2, 0.25) is 5.89 Å². The lowest BCUT2D eigenvalue weighted by atomic mass is 10.2. The van der Waals surface area contributed by atoms with Gasteiger partial charge < -0.3 is 9.52 Å². The van der Waals surface area contributed by atoms with Crippen LogP contribution in [-0.2, 0) is 6.54 Å². The van der Waals surface area contributed by atoms with Gasteiger partial charge in [-0.15, -0.1) is 0 Å². The van der Waals surface area contributed by atoms with Crippen LogP contribution in [0.5, 0.6) is 0 Å². The number of hydrogen-bond donors (Lipinski definition) is 1. The van der Waals surface area contributed by atoms with E-state index in [2.05, 4.69) is 9.88 Å². The molecule has 5 heteroatoms. The van der Waals surface area contributed by atoms with E-state index in [9.17, 15) is 5.11 Å². The highest BCUT2D eigenvalue weighted by atomic mass is 35.5. The Hall–Kier alpha value is -1.36. The third-order valence-corrected chi connectivity index (χ3v) is 4.39. The molecule has 1 aliphatic heterocycles. The van der Waals surface area contributed by atoms with Crippen LogP contribution in [0, 0.1) is 6.92 Å². The Kier molecular flexibility index (Phi) is 4.29. The number of nitrogens with zero attached hydrogens (tertiary/aromatic N) is 2. The third-order valence-electron chi connectivity index (χ3n) is 4.06. The maximum absolute atomic E-state index is 9.40. The molecular formula is C16H19ClN2O2. The average Bonchev–Trinajstić information content (AvgIpc) is 3.07. The molecule has 0 saturated carbocycles. The van der Waals surface area contributed by atoms with Crippen molar-refractivity contribution in [2.24, 2.45) is 0 Å². The fourth-order valence-electron chi connectivity index (χ4n) is 2.83. The van der Waals surface area contributed by atoms with Crippen LogP contribution in [0.1, 0.15) is 24.3 Å². The highest BCUT2D eigenvalue weighted by Crippen LogP contribution is 2.29. The van der Waals surface area contributed by atoms with Crippen molar-refractivity contribution in [2.75, 3.05) is 13.2 Å². The fraction of sp³-hybridized carbons (Fsp3) is 0.438. The van der Waals surface area contributed by atoms with Gasteiger partial charge in [0.05, 0.1) is 22.9 Å². The highest BCUT2D eigenvalue weighted by molar-refractivity contribution is 6.33.